The molecule has 3 aromatic rings. The fourth-order valence-electron chi connectivity index (χ4n) is 2.50. The Morgan fingerprint density at radius 3 is 2.65 bits per heavy atom. The Bertz CT molecular complexity index is 916. The van der Waals surface area contributed by atoms with E-state index < -0.39 is 4.92 Å². The second-order valence-corrected chi connectivity index (χ2v) is 5.81. The van der Waals surface area contributed by atoms with Crippen molar-refractivity contribution in [2.75, 3.05) is 0 Å². The topological polar surface area (TPSA) is 86.5 Å². The molecule has 0 aliphatic rings. The number of nitro groups is 1. The van der Waals surface area contributed by atoms with E-state index >= 15 is 0 Å². The van der Waals surface area contributed by atoms with Crippen LogP contribution in [-0.4, -0.2) is 19.3 Å². The van der Waals surface area contributed by atoms with Crippen LogP contribution in [-0.2, 0) is 6.42 Å². The molecule has 0 aliphatic carbocycles. The van der Waals surface area contributed by atoms with Gasteiger partial charge in [-0.1, -0.05) is 12.2 Å². The first kappa shape index (κ1) is 15.1. The molecule has 6 nitrogen and oxygen atoms in total. The van der Waals surface area contributed by atoms with Gasteiger partial charge in [-0.3, -0.25) is 10.1 Å². The van der Waals surface area contributed by atoms with Crippen LogP contribution in [0.25, 0.3) is 16.9 Å². The van der Waals surface area contributed by atoms with Crippen LogP contribution in [0.5, 0.6) is 0 Å². The third-order valence-corrected chi connectivity index (χ3v) is 3.72. The van der Waals surface area contributed by atoms with Gasteiger partial charge in [-0.05, 0) is 36.8 Å². The number of nitrogens with two attached hydrogens (primary N) is 1. The van der Waals surface area contributed by atoms with Crippen molar-refractivity contribution in [3.63, 3.8) is 0 Å². The Labute approximate surface area is 137 Å². The molecule has 116 valence electrons. The zero-order chi connectivity index (χ0) is 16.6. The average Bonchev–Trinajstić information content (AvgIpc) is 2.84. The second-order valence-electron chi connectivity index (χ2n) is 5.29. The highest BCUT2D eigenvalue weighted by Crippen LogP contribution is 2.27. The van der Waals surface area contributed by atoms with Crippen molar-refractivity contribution in [1.29, 1.82) is 0 Å². The number of rotatable bonds is 4. The molecule has 0 saturated carbocycles. The van der Waals surface area contributed by atoms with Crippen LogP contribution in [0, 0.1) is 17.0 Å². The molecule has 0 saturated heterocycles. The molecule has 0 bridgehead atoms. The first-order chi connectivity index (χ1) is 11.0. The highest BCUT2D eigenvalue weighted by atomic mass is 32.1. The molecule has 0 radical (unpaired) electrons. The van der Waals surface area contributed by atoms with Crippen LogP contribution < -0.4 is 5.73 Å². The molecule has 0 unspecified atom stereocenters. The molecule has 7 heteroatoms. The summed E-state index contributed by atoms with van der Waals surface area (Å²) < 4.78 is 1.95. The van der Waals surface area contributed by atoms with Gasteiger partial charge in [0.2, 0.25) is 0 Å². The first-order valence-corrected chi connectivity index (χ1v) is 7.37. The fourth-order valence-corrected chi connectivity index (χ4v) is 2.64. The Morgan fingerprint density at radius 1 is 1.35 bits per heavy atom. The SMILES string of the molecule is Cc1ccn2c(CC(N)=S)c(-c3ccc([N+](=O)[O-])cc3)nc2c1. The van der Waals surface area contributed by atoms with Crippen molar-refractivity contribution in [2.24, 2.45) is 5.73 Å². The predicted molar refractivity (Wildman–Crippen MR) is 92.5 cm³/mol. The maximum Gasteiger partial charge on any atom is 0.269 e. The van der Waals surface area contributed by atoms with Gasteiger partial charge in [0.25, 0.3) is 5.69 Å². The molecule has 2 aromatic heterocycles. The largest absolute Gasteiger partial charge is 0.393 e. The highest BCUT2D eigenvalue weighted by molar-refractivity contribution is 7.80. The lowest BCUT2D eigenvalue weighted by atomic mass is 10.1. The summed E-state index contributed by atoms with van der Waals surface area (Å²) in [6, 6.07) is 10.3. The van der Waals surface area contributed by atoms with Gasteiger partial charge in [0.1, 0.15) is 5.65 Å². The number of thiocarbonyl (C=S) groups is 1. The standard InChI is InChI=1S/C16H14N4O2S/c1-10-6-7-19-13(9-14(17)23)16(18-15(19)8-10)11-2-4-12(5-3-11)20(21)22/h2-8H,9H2,1H3,(H2,17,23). The Kier molecular flexibility index (Phi) is 3.79. The minimum atomic E-state index is -0.424. The van der Waals surface area contributed by atoms with E-state index in [0.717, 1.165) is 28.2 Å². The van der Waals surface area contributed by atoms with Crippen LogP contribution in [0.2, 0.25) is 0 Å². The quantitative estimate of drug-likeness (QED) is 0.452. The predicted octanol–water partition coefficient (Wildman–Crippen LogP) is 3.05. The van der Waals surface area contributed by atoms with Gasteiger partial charge in [-0.25, -0.2) is 4.98 Å². The first-order valence-electron chi connectivity index (χ1n) is 6.96. The van der Waals surface area contributed by atoms with Crippen molar-refractivity contribution in [3.05, 3.63) is 64.0 Å². The zero-order valence-electron chi connectivity index (χ0n) is 12.4. The molecule has 0 fully saturated rings. The van der Waals surface area contributed by atoms with Crippen LogP contribution in [0.3, 0.4) is 0 Å². The molecule has 0 amide bonds. The fraction of sp³-hybridized carbons (Fsp3) is 0.125. The van der Waals surface area contributed by atoms with E-state index in [9.17, 15) is 10.1 Å². The lowest BCUT2D eigenvalue weighted by Crippen LogP contribution is -2.13. The number of aryl methyl sites for hydroxylation is 1. The van der Waals surface area contributed by atoms with Gasteiger partial charge in [-0.15, -0.1) is 0 Å². The molecular weight excluding hydrogens is 312 g/mol. The zero-order valence-corrected chi connectivity index (χ0v) is 13.2. The maximum atomic E-state index is 10.8. The van der Waals surface area contributed by atoms with Crippen LogP contribution in [0.4, 0.5) is 5.69 Å². The molecule has 2 N–H and O–H groups in total. The Hall–Kier alpha value is -2.80. The summed E-state index contributed by atoms with van der Waals surface area (Å²) in [7, 11) is 0. The van der Waals surface area contributed by atoms with Crippen molar-refractivity contribution in [1.82, 2.24) is 9.38 Å². The van der Waals surface area contributed by atoms with Gasteiger partial charge in [0.15, 0.2) is 0 Å². The van der Waals surface area contributed by atoms with Crippen molar-refractivity contribution in [2.45, 2.75) is 13.3 Å². The summed E-state index contributed by atoms with van der Waals surface area (Å²) in [4.78, 5) is 15.4. The second kappa shape index (κ2) is 5.77. The van der Waals surface area contributed by atoms with Crippen LogP contribution in [0.15, 0.2) is 42.6 Å². The van der Waals surface area contributed by atoms with Gasteiger partial charge in [-0.2, -0.15) is 0 Å². The van der Waals surface area contributed by atoms with Gasteiger partial charge in [0.05, 0.1) is 21.3 Å². The van der Waals surface area contributed by atoms with E-state index in [1.165, 1.54) is 12.1 Å². The highest BCUT2D eigenvalue weighted by Gasteiger charge is 2.16. The maximum absolute atomic E-state index is 10.8. The van der Waals surface area contributed by atoms with E-state index in [1.54, 1.807) is 12.1 Å². The van der Waals surface area contributed by atoms with E-state index in [4.69, 9.17) is 18.0 Å². The number of nitrogens with zero attached hydrogens (tertiary/aromatic N) is 3. The van der Waals surface area contributed by atoms with Gasteiger partial charge in [0, 0.05) is 30.3 Å². The molecular formula is C16H14N4O2S. The molecule has 0 atom stereocenters. The minimum absolute atomic E-state index is 0.0456. The smallest absolute Gasteiger partial charge is 0.269 e. The number of non-ortho nitro benzene ring substituents is 1. The average molecular weight is 326 g/mol. The van der Waals surface area contributed by atoms with E-state index in [1.807, 2.05) is 29.7 Å². The summed E-state index contributed by atoms with van der Waals surface area (Å²) in [6.07, 6.45) is 2.34. The molecule has 3 rings (SSSR count). The van der Waals surface area contributed by atoms with Crippen molar-refractivity contribution < 1.29 is 4.92 Å². The number of fused-ring (bicyclic) bond motifs is 1. The molecule has 2 heterocycles. The van der Waals surface area contributed by atoms with Crippen molar-refractivity contribution >= 4 is 28.5 Å². The third kappa shape index (κ3) is 2.91. The van der Waals surface area contributed by atoms with E-state index in [-0.39, 0.29) is 5.69 Å². The molecule has 0 aliphatic heterocycles. The lowest BCUT2D eigenvalue weighted by Gasteiger charge is -2.04. The summed E-state index contributed by atoms with van der Waals surface area (Å²) in [6.45, 7) is 1.99. The van der Waals surface area contributed by atoms with Gasteiger partial charge >= 0.3 is 0 Å². The number of hydrogen-bond acceptors (Lipinski definition) is 4. The number of pyridine rings is 1. The summed E-state index contributed by atoms with van der Waals surface area (Å²) in [5.74, 6) is 0. The van der Waals surface area contributed by atoms with Crippen LogP contribution in [0.1, 0.15) is 11.3 Å². The monoisotopic (exact) mass is 326 g/mol. The third-order valence-electron chi connectivity index (χ3n) is 3.57. The lowest BCUT2D eigenvalue weighted by molar-refractivity contribution is -0.384. The number of nitro benzene ring substituents is 1. The Balaban J connectivity index is 2.18. The van der Waals surface area contributed by atoms with E-state index in [0.29, 0.717) is 11.4 Å². The summed E-state index contributed by atoms with van der Waals surface area (Å²) >= 11 is 5.04. The summed E-state index contributed by atoms with van der Waals surface area (Å²) in [5.41, 5.74) is 10.1. The van der Waals surface area contributed by atoms with Crippen LogP contribution >= 0.6 is 12.2 Å². The van der Waals surface area contributed by atoms with E-state index in [2.05, 4.69) is 4.98 Å². The van der Waals surface area contributed by atoms with Crippen molar-refractivity contribution in [3.8, 4) is 11.3 Å². The van der Waals surface area contributed by atoms with Gasteiger partial charge < -0.3 is 10.1 Å². The molecule has 0 spiro atoms. The number of hydrogen-bond donors (Lipinski definition) is 1. The Morgan fingerprint density at radius 2 is 2.04 bits per heavy atom. The minimum Gasteiger partial charge on any atom is -0.393 e. The number of benzene rings is 1. The summed E-state index contributed by atoms with van der Waals surface area (Å²) in [5, 5.41) is 10.8. The normalized spacial score (nSPS) is 10.8. The number of imidazole rings is 1. The number of aromatic nitrogens is 2. The molecule has 1 aromatic carbocycles. The molecule has 23 heavy (non-hydrogen) atoms.